The van der Waals surface area contributed by atoms with Gasteiger partial charge in [0.15, 0.2) is 0 Å². The maximum absolute atomic E-state index is 11.9. The monoisotopic (exact) mass is 267 g/mol. The van der Waals surface area contributed by atoms with E-state index in [1.165, 1.54) is 0 Å². The zero-order chi connectivity index (χ0) is 13.0. The van der Waals surface area contributed by atoms with Crippen LogP contribution in [0.5, 0.6) is 0 Å². The average molecular weight is 268 g/mol. The van der Waals surface area contributed by atoms with Crippen LogP contribution in [-0.2, 0) is 4.79 Å². The molecule has 0 spiro atoms. The van der Waals surface area contributed by atoms with Crippen molar-refractivity contribution in [2.24, 2.45) is 0 Å². The van der Waals surface area contributed by atoms with Crippen molar-refractivity contribution in [3.8, 4) is 0 Å². The summed E-state index contributed by atoms with van der Waals surface area (Å²) in [6, 6.07) is 7.71. The fourth-order valence-electron chi connectivity index (χ4n) is 2.11. The summed E-state index contributed by atoms with van der Waals surface area (Å²) >= 11 is 6.00. The van der Waals surface area contributed by atoms with Gasteiger partial charge in [-0.05, 0) is 19.1 Å². The minimum Gasteiger partial charge on any atom is -0.324 e. The molecule has 2 rings (SSSR count). The highest BCUT2D eigenvalue weighted by atomic mass is 35.5. The van der Waals surface area contributed by atoms with Gasteiger partial charge in [-0.1, -0.05) is 23.7 Å². The Balaban J connectivity index is 1.87. The van der Waals surface area contributed by atoms with Crippen LogP contribution >= 0.6 is 11.6 Å². The topological polar surface area (TPSA) is 44.4 Å². The van der Waals surface area contributed by atoms with Crippen LogP contribution in [0, 0.1) is 0 Å². The normalized spacial score (nSPS) is 20.7. The number of hydrogen-bond acceptors (Lipinski definition) is 3. The molecule has 0 aliphatic carbocycles. The van der Waals surface area contributed by atoms with Crippen LogP contribution in [0.4, 0.5) is 5.69 Å². The van der Waals surface area contributed by atoms with Crippen LogP contribution in [0.15, 0.2) is 24.3 Å². The number of nitrogens with one attached hydrogen (secondary N) is 2. The Bertz CT molecular complexity index is 424. The van der Waals surface area contributed by atoms with Gasteiger partial charge in [-0.25, -0.2) is 0 Å². The van der Waals surface area contributed by atoms with E-state index >= 15 is 0 Å². The van der Waals surface area contributed by atoms with Gasteiger partial charge in [-0.3, -0.25) is 9.69 Å². The summed E-state index contributed by atoms with van der Waals surface area (Å²) in [6.45, 7) is 5.27. The molecule has 1 aliphatic rings. The number of benzene rings is 1. The Morgan fingerprint density at radius 3 is 3.06 bits per heavy atom. The van der Waals surface area contributed by atoms with Gasteiger partial charge in [0.25, 0.3) is 0 Å². The highest BCUT2D eigenvalue weighted by molar-refractivity contribution is 6.33. The van der Waals surface area contributed by atoms with Crippen molar-refractivity contribution in [3.63, 3.8) is 0 Å². The van der Waals surface area contributed by atoms with Crippen molar-refractivity contribution in [2.45, 2.75) is 13.0 Å². The Morgan fingerprint density at radius 2 is 2.33 bits per heavy atom. The molecule has 18 heavy (non-hydrogen) atoms. The highest BCUT2D eigenvalue weighted by Gasteiger charge is 2.18. The van der Waals surface area contributed by atoms with Crippen molar-refractivity contribution in [1.82, 2.24) is 10.2 Å². The smallest absolute Gasteiger partial charge is 0.238 e. The highest BCUT2D eigenvalue weighted by Crippen LogP contribution is 2.20. The van der Waals surface area contributed by atoms with Gasteiger partial charge >= 0.3 is 0 Å². The summed E-state index contributed by atoms with van der Waals surface area (Å²) in [5.74, 6) is -0.0165. The molecule has 4 nitrogen and oxygen atoms in total. The number of amides is 1. The molecule has 1 atom stereocenters. The number of carbonyl (C=O) groups excluding carboxylic acids is 1. The number of piperazine rings is 1. The first kappa shape index (κ1) is 13.3. The SMILES string of the molecule is CC1CN(CC(=O)Nc2ccccc2Cl)CCN1. The second-order valence-corrected chi connectivity index (χ2v) is 5.03. The molecule has 1 aromatic carbocycles. The quantitative estimate of drug-likeness (QED) is 0.874. The standard InChI is InChI=1S/C13H18ClN3O/c1-10-8-17(7-6-15-10)9-13(18)16-12-5-3-2-4-11(12)14/h2-5,10,15H,6-9H2,1H3,(H,16,18). The van der Waals surface area contributed by atoms with Crippen LogP contribution in [0.25, 0.3) is 0 Å². The zero-order valence-corrected chi connectivity index (χ0v) is 11.2. The van der Waals surface area contributed by atoms with Crippen LogP contribution in [0.2, 0.25) is 5.02 Å². The van der Waals surface area contributed by atoms with E-state index in [9.17, 15) is 4.79 Å². The van der Waals surface area contributed by atoms with E-state index in [-0.39, 0.29) is 5.91 Å². The predicted octanol–water partition coefficient (Wildman–Crippen LogP) is 1.57. The molecule has 1 aliphatic heterocycles. The number of hydrogen-bond donors (Lipinski definition) is 2. The maximum Gasteiger partial charge on any atom is 0.238 e. The Morgan fingerprint density at radius 1 is 1.56 bits per heavy atom. The van der Waals surface area contributed by atoms with Crippen LogP contribution in [0.1, 0.15) is 6.92 Å². The van der Waals surface area contributed by atoms with E-state index in [4.69, 9.17) is 11.6 Å². The second-order valence-electron chi connectivity index (χ2n) is 4.62. The van der Waals surface area contributed by atoms with E-state index in [1.807, 2.05) is 12.1 Å². The first-order valence-corrected chi connectivity index (χ1v) is 6.53. The number of nitrogens with zero attached hydrogens (tertiary/aromatic N) is 1. The van der Waals surface area contributed by atoms with E-state index < -0.39 is 0 Å². The molecule has 1 saturated heterocycles. The largest absolute Gasteiger partial charge is 0.324 e. The molecule has 1 amide bonds. The lowest BCUT2D eigenvalue weighted by molar-refractivity contribution is -0.117. The fraction of sp³-hybridized carbons (Fsp3) is 0.462. The molecule has 1 fully saturated rings. The average Bonchev–Trinajstić information content (AvgIpc) is 2.32. The van der Waals surface area contributed by atoms with E-state index in [0.29, 0.717) is 23.3 Å². The summed E-state index contributed by atoms with van der Waals surface area (Å²) in [5.41, 5.74) is 0.673. The molecule has 98 valence electrons. The summed E-state index contributed by atoms with van der Waals surface area (Å²) in [6.07, 6.45) is 0. The lowest BCUT2D eigenvalue weighted by Gasteiger charge is -2.31. The van der Waals surface area contributed by atoms with Crippen LogP contribution in [-0.4, -0.2) is 43.0 Å². The zero-order valence-electron chi connectivity index (χ0n) is 10.4. The lowest BCUT2D eigenvalue weighted by atomic mass is 10.2. The number of para-hydroxylation sites is 1. The van der Waals surface area contributed by atoms with Crippen molar-refractivity contribution in [1.29, 1.82) is 0 Å². The molecule has 2 N–H and O–H groups in total. The van der Waals surface area contributed by atoms with E-state index in [1.54, 1.807) is 12.1 Å². The Hall–Kier alpha value is -1.10. The van der Waals surface area contributed by atoms with Crippen LogP contribution in [0.3, 0.4) is 0 Å². The molecule has 0 bridgehead atoms. The first-order chi connectivity index (χ1) is 8.65. The van der Waals surface area contributed by atoms with E-state index in [2.05, 4.69) is 22.5 Å². The molecular weight excluding hydrogens is 250 g/mol. The lowest BCUT2D eigenvalue weighted by Crippen LogP contribution is -2.51. The number of carbonyl (C=O) groups is 1. The predicted molar refractivity (Wildman–Crippen MR) is 74.0 cm³/mol. The Labute approximate surface area is 112 Å². The fourth-order valence-corrected chi connectivity index (χ4v) is 2.29. The van der Waals surface area contributed by atoms with Crippen molar-refractivity contribution < 1.29 is 4.79 Å². The van der Waals surface area contributed by atoms with Crippen molar-refractivity contribution >= 4 is 23.2 Å². The van der Waals surface area contributed by atoms with Gasteiger partial charge in [0, 0.05) is 25.7 Å². The third-order valence-corrected chi connectivity index (χ3v) is 3.30. The number of anilines is 1. The summed E-state index contributed by atoms with van der Waals surface area (Å²) < 4.78 is 0. The minimum atomic E-state index is -0.0165. The minimum absolute atomic E-state index is 0.0165. The Kier molecular flexibility index (Phi) is 4.58. The molecule has 0 radical (unpaired) electrons. The van der Waals surface area contributed by atoms with Gasteiger partial charge in [0.1, 0.15) is 0 Å². The molecule has 1 unspecified atom stereocenters. The van der Waals surface area contributed by atoms with Crippen molar-refractivity contribution in [3.05, 3.63) is 29.3 Å². The molecule has 1 heterocycles. The second kappa shape index (κ2) is 6.18. The molecule has 0 aromatic heterocycles. The van der Waals surface area contributed by atoms with Gasteiger partial charge in [-0.15, -0.1) is 0 Å². The molecule has 1 aromatic rings. The summed E-state index contributed by atoms with van der Waals surface area (Å²) in [4.78, 5) is 14.1. The van der Waals surface area contributed by atoms with Gasteiger partial charge < -0.3 is 10.6 Å². The van der Waals surface area contributed by atoms with Crippen molar-refractivity contribution in [2.75, 3.05) is 31.5 Å². The molecular formula is C13H18ClN3O. The number of halogens is 1. The molecule has 5 heteroatoms. The molecule has 0 saturated carbocycles. The maximum atomic E-state index is 11.9. The van der Waals surface area contributed by atoms with Gasteiger partial charge in [0.05, 0.1) is 17.3 Å². The van der Waals surface area contributed by atoms with Gasteiger partial charge in [0.2, 0.25) is 5.91 Å². The first-order valence-electron chi connectivity index (χ1n) is 6.15. The van der Waals surface area contributed by atoms with Crippen LogP contribution < -0.4 is 10.6 Å². The third-order valence-electron chi connectivity index (χ3n) is 2.97. The summed E-state index contributed by atoms with van der Waals surface area (Å²) in [5, 5.41) is 6.76. The summed E-state index contributed by atoms with van der Waals surface area (Å²) in [7, 11) is 0. The third kappa shape index (κ3) is 3.70. The van der Waals surface area contributed by atoms with E-state index in [0.717, 1.165) is 19.6 Å². The van der Waals surface area contributed by atoms with Gasteiger partial charge in [-0.2, -0.15) is 0 Å². The number of rotatable bonds is 3.